The molecule has 0 atom stereocenters. The first-order valence-electron chi connectivity index (χ1n) is 8.50. The van der Waals surface area contributed by atoms with Crippen molar-refractivity contribution in [1.29, 1.82) is 0 Å². The second kappa shape index (κ2) is 9.30. The predicted molar refractivity (Wildman–Crippen MR) is 133 cm³/mol. The SMILES string of the molecule is O=C1N/C(=N/N=C/c2c(Cl)cccc2Cl)S/C1=C/c1coc2c(Br)cc(Br)cc2c1=O. The van der Waals surface area contributed by atoms with Gasteiger partial charge in [0.15, 0.2) is 16.2 Å². The summed E-state index contributed by atoms with van der Waals surface area (Å²) in [5, 5.41) is 12.0. The fourth-order valence-electron chi connectivity index (χ4n) is 2.67. The van der Waals surface area contributed by atoms with Gasteiger partial charge in [-0.15, -0.1) is 5.10 Å². The second-order valence-electron chi connectivity index (χ2n) is 6.13. The zero-order valence-corrected chi connectivity index (χ0v) is 20.7. The van der Waals surface area contributed by atoms with Gasteiger partial charge >= 0.3 is 0 Å². The van der Waals surface area contributed by atoms with Gasteiger partial charge < -0.3 is 4.42 Å². The Morgan fingerprint density at radius 3 is 2.61 bits per heavy atom. The van der Waals surface area contributed by atoms with Crippen LogP contribution in [0, 0.1) is 0 Å². The first-order valence-corrected chi connectivity index (χ1v) is 11.7. The zero-order valence-electron chi connectivity index (χ0n) is 15.2. The van der Waals surface area contributed by atoms with E-state index in [4.69, 9.17) is 27.6 Å². The van der Waals surface area contributed by atoms with E-state index in [1.54, 1.807) is 30.3 Å². The lowest BCUT2D eigenvalue weighted by molar-refractivity contribution is -0.115. The molecule has 0 unspecified atom stereocenters. The van der Waals surface area contributed by atoms with Crippen LogP contribution < -0.4 is 10.7 Å². The molecule has 4 rings (SSSR count). The van der Waals surface area contributed by atoms with E-state index in [0.29, 0.717) is 31.1 Å². The molecule has 2 heterocycles. The lowest BCUT2D eigenvalue weighted by Gasteiger charge is -2.02. The summed E-state index contributed by atoms with van der Waals surface area (Å²) in [4.78, 5) is 25.4. The van der Waals surface area contributed by atoms with Gasteiger partial charge in [-0.2, -0.15) is 5.10 Å². The van der Waals surface area contributed by atoms with Crippen molar-refractivity contribution in [1.82, 2.24) is 5.32 Å². The van der Waals surface area contributed by atoms with Crippen LogP contribution in [0.1, 0.15) is 11.1 Å². The third-order valence-corrected chi connectivity index (χ3v) is 6.70. The molecule has 0 saturated carbocycles. The van der Waals surface area contributed by atoms with Gasteiger partial charge in [-0.3, -0.25) is 14.9 Å². The minimum absolute atomic E-state index is 0.239. The summed E-state index contributed by atoms with van der Waals surface area (Å²) < 4.78 is 6.96. The highest BCUT2D eigenvalue weighted by atomic mass is 79.9. The van der Waals surface area contributed by atoms with Crippen molar-refractivity contribution in [2.45, 2.75) is 0 Å². The number of benzene rings is 2. The number of thioether (sulfide) groups is 1. The van der Waals surface area contributed by atoms with Gasteiger partial charge in [0.1, 0.15) is 6.26 Å². The van der Waals surface area contributed by atoms with Crippen molar-refractivity contribution in [3.8, 4) is 0 Å². The van der Waals surface area contributed by atoms with Gasteiger partial charge in [-0.25, -0.2) is 0 Å². The number of halogens is 4. The summed E-state index contributed by atoms with van der Waals surface area (Å²) in [6.45, 7) is 0. The van der Waals surface area contributed by atoms with E-state index < -0.39 is 5.91 Å². The molecule has 31 heavy (non-hydrogen) atoms. The van der Waals surface area contributed by atoms with Crippen LogP contribution in [0.2, 0.25) is 10.0 Å². The Morgan fingerprint density at radius 2 is 1.87 bits per heavy atom. The highest BCUT2D eigenvalue weighted by molar-refractivity contribution is 9.11. The highest BCUT2D eigenvalue weighted by Crippen LogP contribution is 2.29. The van der Waals surface area contributed by atoms with E-state index in [1.807, 2.05) is 0 Å². The first kappa shape index (κ1) is 22.3. The Morgan fingerprint density at radius 1 is 1.13 bits per heavy atom. The minimum atomic E-state index is -0.398. The zero-order chi connectivity index (χ0) is 22.1. The lowest BCUT2D eigenvalue weighted by atomic mass is 10.1. The summed E-state index contributed by atoms with van der Waals surface area (Å²) >= 11 is 19.9. The largest absolute Gasteiger partial charge is 0.462 e. The molecule has 1 N–H and O–H groups in total. The molecule has 0 bridgehead atoms. The molecular weight excluding hydrogens is 593 g/mol. The van der Waals surface area contributed by atoms with Crippen molar-refractivity contribution in [3.63, 3.8) is 0 Å². The van der Waals surface area contributed by atoms with E-state index in [0.717, 1.165) is 16.2 Å². The van der Waals surface area contributed by atoms with Crippen LogP contribution in [-0.2, 0) is 4.79 Å². The van der Waals surface area contributed by atoms with Crippen LogP contribution in [0.4, 0.5) is 0 Å². The number of fused-ring (bicyclic) bond motifs is 1. The second-order valence-corrected chi connectivity index (χ2v) is 9.75. The molecule has 1 amide bonds. The maximum absolute atomic E-state index is 12.8. The van der Waals surface area contributed by atoms with E-state index >= 15 is 0 Å². The Kier molecular flexibility index (Phi) is 6.68. The van der Waals surface area contributed by atoms with Crippen molar-refractivity contribution < 1.29 is 9.21 Å². The number of nitrogens with one attached hydrogen (secondary N) is 1. The van der Waals surface area contributed by atoms with Gasteiger partial charge in [0.05, 0.1) is 36.6 Å². The van der Waals surface area contributed by atoms with Crippen molar-refractivity contribution >= 4 is 101 Å². The normalized spacial score (nSPS) is 16.7. The first-order chi connectivity index (χ1) is 14.8. The Labute approximate surface area is 206 Å². The van der Waals surface area contributed by atoms with Gasteiger partial charge in [-0.05, 0) is 58.0 Å². The number of carbonyl (C=O) groups is 1. The standard InChI is InChI=1S/C20H9Br2Cl2N3O3S/c21-10-5-11-17(28)9(8-30-18(11)13(22)6-10)4-16-19(29)26-20(31-16)27-25-7-12-14(23)2-1-3-15(12)24/h1-8H,(H,26,27,29)/b16-4+,25-7+. The Balaban J connectivity index is 1.61. The van der Waals surface area contributed by atoms with Crippen LogP contribution >= 0.6 is 66.8 Å². The minimum Gasteiger partial charge on any atom is -0.462 e. The molecule has 11 heteroatoms. The molecule has 0 spiro atoms. The van der Waals surface area contributed by atoms with E-state index in [1.165, 1.54) is 18.6 Å². The molecule has 1 aromatic heterocycles. The molecule has 6 nitrogen and oxygen atoms in total. The molecule has 1 aliphatic rings. The maximum atomic E-state index is 12.8. The molecule has 1 fully saturated rings. The summed E-state index contributed by atoms with van der Waals surface area (Å²) in [5.41, 5.74) is 0.920. The number of amidine groups is 1. The van der Waals surface area contributed by atoms with E-state index in [2.05, 4.69) is 47.4 Å². The number of nitrogens with zero attached hydrogens (tertiary/aromatic N) is 2. The number of hydrogen-bond acceptors (Lipinski definition) is 6. The van der Waals surface area contributed by atoms with Crippen molar-refractivity contribution in [3.05, 3.63) is 81.8 Å². The maximum Gasteiger partial charge on any atom is 0.264 e. The molecule has 1 aliphatic heterocycles. The summed E-state index contributed by atoms with van der Waals surface area (Å²) in [6, 6.07) is 8.53. The fraction of sp³-hybridized carbons (Fsp3) is 0. The van der Waals surface area contributed by atoms with Crippen LogP contribution in [0.15, 0.2) is 69.9 Å². The third kappa shape index (κ3) is 4.80. The van der Waals surface area contributed by atoms with Gasteiger partial charge in [0.25, 0.3) is 5.91 Å². The smallest absolute Gasteiger partial charge is 0.264 e. The molecule has 3 aromatic rings. The number of amides is 1. The van der Waals surface area contributed by atoms with E-state index in [9.17, 15) is 9.59 Å². The third-order valence-electron chi connectivity index (χ3n) is 4.09. The summed E-state index contributed by atoms with van der Waals surface area (Å²) in [6.07, 6.45) is 4.17. The van der Waals surface area contributed by atoms with Gasteiger partial charge in [0.2, 0.25) is 0 Å². The number of carbonyl (C=O) groups excluding carboxylic acids is 1. The van der Waals surface area contributed by atoms with Crippen LogP contribution in [0.5, 0.6) is 0 Å². The van der Waals surface area contributed by atoms with Crippen molar-refractivity contribution in [2.75, 3.05) is 0 Å². The van der Waals surface area contributed by atoms with Crippen LogP contribution in [0.3, 0.4) is 0 Å². The van der Waals surface area contributed by atoms with Crippen LogP contribution in [-0.4, -0.2) is 17.3 Å². The number of hydrogen-bond donors (Lipinski definition) is 1. The van der Waals surface area contributed by atoms with E-state index in [-0.39, 0.29) is 21.1 Å². The Hall–Kier alpha value is -1.91. The highest BCUT2D eigenvalue weighted by Gasteiger charge is 2.24. The topological polar surface area (TPSA) is 84.0 Å². The van der Waals surface area contributed by atoms with Crippen LogP contribution in [0.25, 0.3) is 17.0 Å². The monoisotopic (exact) mass is 599 g/mol. The fourth-order valence-corrected chi connectivity index (χ4v) is 5.25. The average molecular weight is 602 g/mol. The predicted octanol–water partition coefficient (Wildman–Crippen LogP) is 6.22. The quantitative estimate of drug-likeness (QED) is 0.219. The molecule has 0 aliphatic carbocycles. The Bertz CT molecular complexity index is 1370. The molecule has 0 radical (unpaired) electrons. The molecule has 2 aromatic carbocycles. The average Bonchev–Trinajstić information content (AvgIpc) is 3.06. The number of rotatable bonds is 3. The van der Waals surface area contributed by atoms with Gasteiger partial charge in [0, 0.05) is 10.0 Å². The molecular formula is C20H9Br2Cl2N3O3S. The molecule has 1 saturated heterocycles. The van der Waals surface area contributed by atoms with Gasteiger partial charge in [-0.1, -0.05) is 45.2 Å². The van der Waals surface area contributed by atoms with Crippen molar-refractivity contribution in [2.24, 2.45) is 10.2 Å². The lowest BCUT2D eigenvalue weighted by Crippen LogP contribution is -2.19. The summed E-state index contributed by atoms with van der Waals surface area (Å²) in [7, 11) is 0. The summed E-state index contributed by atoms with van der Waals surface area (Å²) in [5.74, 6) is -0.398. The molecule has 156 valence electrons.